The first-order valence-corrected chi connectivity index (χ1v) is 10.0. The Morgan fingerprint density at radius 3 is 2.48 bits per heavy atom. The molecule has 0 unspecified atom stereocenters. The van der Waals surface area contributed by atoms with Crippen LogP contribution in [0.25, 0.3) is 22.2 Å². The van der Waals surface area contributed by atoms with Gasteiger partial charge in [0.25, 0.3) is 5.91 Å². The molecule has 0 fully saturated rings. The molecule has 1 atom stereocenters. The molecule has 1 amide bonds. The van der Waals surface area contributed by atoms with Crippen LogP contribution < -0.4 is 16.8 Å². The average molecular weight is 433 g/mol. The third kappa shape index (κ3) is 5.05. The smallest absolute Gasteiger partial charge is 0.348 e. The molecular weight excluding hydrogens is 407 g/mol. The molecule has 0 saturated carbocycles. The molecule has 0 radical (unpaired) electrons. The Bertz CT molecular complexity index is 1070. The normalized spacial score (nSPS) is 12.9. The maximum atomic E-state index is 13.9. The summed E-state index contributed by atoms with van der Waals surface area (Å²) in [5.41, 5.74) is 12.5. The standard InChI is InChI=1S/C22H26F3N5O/c1-13-5-7-14(8-6-13)15-10-17(22(23,24)25)19-18(11-15)29-20(30(19)2)21(31)28-12-16(27)4-3-9-26/h5-8,10-11,16H,3-4,9,12,26-27H2,1-2H3,(H,28,31)/t16-/m0/s1. The number of carbonyl (C=O) groups is 1. The summed E-state index contributed by atoms with van der Waals surface area (Å²) in [5, 5.41) is 2.65. The van der Waals surface area contributed by atoms with Crippen LogP contribution in [0, 0.1) is 6.92 Å². The summed E-state index contributed by atoms with van der Waals surface area (Å²) in [6, 6.07) is 9.56. The Labute approximate surface area is 178 Å². The number of fused-ring (bicyclic) bond motifs is 1. The zero-order valence-corrected chi connectivity index (χ0v) is 17.5. The number of imidazole rings is 1. The highest BCUT2D eigenvalue weighted by Crippen LogP contribution is 2.38. The van der Waals surface area contributed by atoms with Crippen LogP contribution >= 0.6 is 0 Å². The molecule has 0 spiro atoms. The van der Waals surface area contributed by atoms with Crippen LogP contribution in [0.4, 0.5) is 13.2 Å². The number of benzene rings is 2. The number of hydrogen-bond donors (Lipinski definition) is 3. The van der Waals surface area contributed by atoms with Crippen LogP contribution in [0.1, 0.15) is 34.6 Å². The van der Waals surface area contributed by atoms with E-state index in [9.17, 15) is 18.0 Å². The third-order valence-corrected chi connectivity index (χ3v) is 5.17. The highest BCUT2D eigenvalue weighted by molar-refractivity contribution is 5.96. The van der Waals surface area contributed by atoms with Crippen molar-refractivity contribution in [3.63, 3.8) is 0 Å². The van der Waals surface area contributed by atoms with Crippen molar-refractivity contribution in [2.45, 2.75) is 32.0 Å². The monoisotopic (exact) mass is 433 g/mol. The van der Waals surface area contributed by atoms with Crippen molar-refractivity contribution in [1.82, 2.24) is 14.9 Å². The Hall–Kier alpha value is -2.91. The second kappa shape index (κ2) is 9.07. The highest BCUT2D eigenvalue weighted by atomic mass is 19.4. The van der Waals surface area contributed by atoms with Gasteiger partial charge in [0.2, 0.25) is 0 Å². The van der Waals surface area contributed by atoms with Crippen LogP contribution in [0.15, 0.2) is 36.4 Å². The molecule has 6 nitrogen and oxygen atoms in total. The first-order chi connectivity index (χ1) is 14.6. The van der Waals surface area contributed by atoms with Crippen molar-refractivity contribution in [3.05, 3.63) is 53.3 Å². The summed E-state index contributed by atoms with van der Waals surface area (Å²) in [4.78, 5) is 16.8. The predicted molar refractivity (Wildman–Crippen MR) is 114 cm³/mol. The second-order valence-electron chi connectivity index (χ2n) is 7.65. The number of carbonyl (C=O) groups excluding carboxylic acids is 1. The van der Waals surface area contributed by atoms with E-state index in [0.717, 1.165) is 18.1 Å². The van der Waals surface area contributed by atoms with Gasteiger partial charge in [-0.1, -0.05) is 29.8 Å². The molecule has 9 heteroatoms. The fourth-order valence-corrected chi connectivity index (χ4v) is 3.47. The Kier molecular flexibility index (Phi) is 6.66. The van der Waals surface area contributed by atoms with Gasteiger partial charge >= 0.3 is 6.18 Å². The Balaban J connectivity index is 2.01. The molecule has 1 aromatic heterocycles. The molecule has 31 heavy (non-hydrogen) atoms. The van der Waals surface area contributed by atoms with Crippen LogP contribution in [0.3, 0.4) is 0 Å². The van der Waals surface area contributed by atoms with Crippen LogP contribution in [0.2, 0.25) is 0 Å². The van der Waals surface area contributed by atoms with E-state index in [0.29, 0.717) is 24.1 Å². The lowest BCUT2D eigenvalue weighted by atomic mass is 10.0. The van der Waals surface area contributed by atoms with E-state index in [-0.39, 0.29) is 29.4 Å². The number of aromatic nitrogens is 2. The summed E-state index contributed by atoms with van der Waals surface area (Å²) in [6.45, 7) is 2.58. The first-order valence-electron chi connectivity index (χ1n) is 10.0. The molecule has 1 heterocycles. The van der Waals surface area contributed by atoms with Crippen molar-refractivity contribution < 1.29 is 18.0 Å². The van der Waals surface area contributed by atoms with Gasteiger partial charge in [-0.25, -0.2) is 4.98 Å². The number of alkyl halides is 3. The Morgan fingerprint density at radius 2 is 1.87 bits per heavy atom. The summed E-state index contributed by atoms with van der Waals surface area (Å²) in [7, 11) is 1.40. The van der Waals surface area contributed by atoms with Gasteiger partial charge in [0.05, 0.1) is 16.6 Å². The van der Waals surface area contributed by atoms with Crippen LogP contribution in [-0.2, 0) is 13.2 Å². The molecule has 3 aromatic rings. The molecular formula is C22H26F3N5O. The average Bonchev–Trinajstić information content (AvgIpc) is 3.06. The second-order valence-corrected chi connectivity index (χ2v) is 7.65. The fraction of sp³-hybridized carbons (Fsp3) is 0.364. The minimum Gasteiger partial charge on any atom is -0.348 e. The van der Waals surface area contributed by atoms with Gasteiger partial charge in [-0.2, -0.15) is 13.2 Å². The molecule has 3 rings (SSSR count). The molecule has 5 N–H and O–H groups in total. The molecule has 0 saturated heterocycles. The largest absolute Gasteiger partial charge is 0.418 e. The van der Waals surface area contributed by atoms with Crippen molar-refractivity contribution in [2.24, 2.45) is 18.5 Å². The van der Waals surface area contributed by atoms with Crippen LogP contribution in [0.5, 0.6) is 0 Å². The van der Waals surface area contributed by atoms with Crippen molar-refractivity contribution in [1.29, 1.82) is 0 Å². The zero-order valence-electron chi connectivity index (χ0n) is 17.5. The van der Waals surface area contributed by atoms with E-state index in [4.69, 9.17) is 11.5 Å². The summed E-state index contributed by atoms with van der Waals surface area (Å²) in [6.07, 6.45) is -3.25. The number of rotatable bonds is 7. The number of amides is 1. The number of aryl methyl sites for hydroxylation is 2. The molecule has 0 aliphatic heterocycles. The van der Waals surface area contributed by atoms with Crippen LogP contribution in [-0.4, -0.2) is 34.6 Å². The van der Waals surface area contributed by atoms with E-state index in [2.05, 4.69) is 10.3 Å². The number of hydrogen-bond acceptors (Lipinski definition) is 4. The zero-order chi connectivity index (χ0) is 22.8. The van der Waals surface area contributed by atoms with Crippen molar-refractivity contribution >= 4 is 16.9 Å². The number of nitrogens with one attached hydrogen (secondary N) is 1. The van der Waals surface area contributed by atoms with E-state index in [1.807, 2.05) is 19.1 Å². The van der Waals surface area contributed by atoms with Gasteiger partial charge in [-0.15, -0.1) is 0 Å². The topological polar surface area (TPSA) is 99.0 Å². The molecule has 2 aromatic carbocycles. The Morgan fingerprint density at radius 1 is 1.19 bits per heavy atom. The van der Waals surface area contributed by atoms with Gasteiger partial charge < -0.3 is 21.4 Å². The summed E-state index contributed by atoms with van der Waals surface area (Å²) in [5.74, 6) is -0.681. The van der Waals surface area contributed by atoms with E-state index < -0.39 is 17.6 Å². The number of halogens is 3. The van der Waals surface area contributed by atoms with Gasteiger partial charge in [0.15, 0.2) is 5.82 Å². The SMILES string of the molecule is Cc1ccc(-c2cc(C(F)(F)F)c3c(c2)nc(C(=O)NC[C@@H](N)CCCN)n3C)cc1. The minimum atomic E-state index is -4.61. The molecule has 0 bridgehead atoms. The van der Waals surface area contributed by atoms with Gasteiger partial charge in [-0.3, -0.25) is 4.79 Å². The van der Waals surface area contributed by atoms with Gasteiger partial charge in [0.1, 0.15) is 0 Å². The first kappa shape index (κ1) is 22.8. The third-order valence-electron chi connectivity index (χ3n) is 5.17. The summed E-state index contributed by atoms with van der Waals surface area (Å²) >= 11 is 0. The van der Waals surface area contributed by atoms with Crippen molar-refractivity contribution in [3.8, 4) is 11.1 Å². The lowest BCUT2D eigenvalue weighted by molar-refractivity contribution is -0.136. The molecule has 0 aliphatic carbocycles. The van der Waals surface area contributed by atoms with Gasteiger partial charge in [0, 0.05) is 19.6 Å². The minimum absolute atomic E-state index is 0.102. The van der Waals surface area contributed by atoms with Gasteiger partial charge in [-0.05, 0) is 49.6 Å². The fourth-order valence-electron chi connectivity index (χ4n) is 3.47. The summed E-state index contributed by atoms with van der Waals surface area (Å²) < 4.78 is 42.8. The number of nitrogens with two attached hydrogens (primary N) is 2. The van der Waals surface area contributed by atoms with Crippen molar-refractivity contribution in [2.75, 3.05) is 13.1 Å². The van der Waals surface area contributed by atoms with E-state index in [1.54, 1.807) is 18.2 Å². The maximum Gasteiger partial charge on any atom is 0.418 e. The van der Waals surface area contributed by atoms with E-state index >= 15 is 0 Å². The quantitative estimate of drug-likeness (QED) is 0.532. The van der Waals surface area contributed by atoms with E-state index in [1.165, 1.54) is 11.6 Å². The molecule has 0 aliphatic rings. The lowest BCUT2D eigenvalue weighted by Crippen LogP contribution is -2.38. The highest BCUT2D eigenvalue weighted by Gasteiger charge is 2.35. The maximum absolute atomic E-state index is 13.9. The predicted octanol–water partition coefficient (Wildman–Crippen LogP) is 3.36. The number of nitrogens with zero attached hydrogens (tertiary/aromatic N) is 2. The molecule has 166 valence electrons. The lowest BCUT2D eigenvalue weighted by Gasteiger charge is -2.13.